The normalized spacial score (nSPS) is 11.9. The Bertz CT molecular complexity index is 956. The quantitative estimate of drug-likeness (QED) is 0.493. The molecule has 2 aromatic rings. The summed E-state index contributed by atoms with van der Waals surface area (Å²) in [6, 6.07) is 5.54. The van der Waals surface area contributed by atoms with Crippen molar-refractivity contribution in [2.45, 2.75) is 40.0 Å². The average Bonchev–Trinajstić information content (AvgIpc) is 2.61. The fraction of sp³-hybridized carbons (Fsp3) is 0.273. The van der Waals surface area contributed by atoms with Gasteiger partial charge in [0.2, 0.25) is 0 Å². The number of benzene rings is 2. The highest BCUT2D eigenvalue weighted by atomic mass is 19.4. The van der Waals surface area contributed by atoms with Gasteiger partial charge >= 0.3 is 12.1 Å². The van der Waals surface area contributed by atoms with Crippen molar-refractivity contribution >= 4 is 17.8 Å². The first-order chi connectivity index (χ1) is 13.4. The van der Waals surface area contributed by atoms with Crippen molar-refractivity contribution in [3.05, 3.63) is 69.8 Å². The van der Waals surface area contributed by atoms with Gasteiger partial charge in [-0.25, -0.2) is 4.79 Å². The number of carbonyl (C=O) groups excluding carboxylic acids is 1. The number of hydrogen-bond donors (Lipinski definition) is 1. The van der Waals surface area contributed by atoms with Crippen LogP contribution in [0.2, 0.25) is 0 Å². The van der Waals surface area contributed by atoms with E-state index in [2.05, 4.69) is 0 Å². The third-order valence-corrected chi connectivity index (χ3v) is 4.22. The van der Waals surface area contributed by atoms with E-state index in [4.69, 9.17) is 4.74 Å². The molecule has 1 N–H and O–H groups in total. The minimum absolute atomic E-state index is 0.108. The highest BCUT2D eigenvalue weighted by molar-refractivity contribution is 6.07. The predicted molar refractivity (Wildman–Crippen MR) is 103 cm³/mol. The summed E-state index contributed by atoms with van der Waals surface area (Å²) in [7, 11) is 0. The van der Waals surface area contributed by atoms with E-state index < -0.39 is 23.5 Å². The van der Waals surface area contributed by atoms with E-state index in [1.807, 2.05) is 0 Å². The highest BCUT2D eigenvalue weighted by Gasteiger charge is 2.30. The molecule has 0 unspecified atom stereocenters. The number of rotatable bonds is 6. The van der Waals surface area contributed by atoms with Crippen molar-refractivity contribution in [3.8, 4) is 5.75 Å². The second kappa shape index (κ2) is 8.51. The SMILES string of the molecule is Cc1cc(/C=C/C(=O)c2ccc(C(F)(F)F)cc2)c(OC(C)C)c(C)c1C(=O)O. The second-order valence-electron chi connectivity index (χ2n) is 6.86. The van der Waals surface area contributed by atoms with Crippen LogP contribution in [-0.4, -0.2) is 23.0 Å². The lowest BCUT2D eigenvalue weighted by atomic mass is 9.97. The van der Waals surface area contributed by atoms with Gasteiger partial charge in [-0.3, -0.25) is 4.79 Å². The Morgan fingerprint density at radius 3 is 2.17 bits per heavy atom. The van der Waals surface area contributed by atoms with Gasteiger partial charge in [0.05, 0.1) is 17.2 Å². The maximum Gasteiger partial charge on any atom is 0.416 e. The second-order valence-corrected chi connectivity index (χ2v) is 6.86. The summed E-state index contributed by atoms with van der Waals surface area (Å²) in [5.74, 6) is -1.21. The summed E-state index contributed by atoms with van der Waals surface area (Å²) in [6.07, 6.45) is -1.99. The molecule has 0 radical (unpaired) electrons. The molecule has 0 spiro atoms. The Labute approximate surface area is 166 Å². The minimum atomic E-state index is -4.47. The van der Waals surface area contributed by atoms with Crippen LogP contribution in [0.25, 0.3) is 6.08 Å². The molecule has 0 fully saturated rings. The summed E-state index contributed by atoms with van der Waals surface area (Å²) in [5, 5.41) is 9.43. The van der Waals surface area contributed by atoms with Crippen LogP contribution >= 0.6 is 0 Å². The highest BCUT2D eigenvalue weighted by Crippen LogP contribution is 2.32. The maximum absolute atomic E-state index is 12.6. The van der Waals surface area contributed by atoms with Crippen LogP contribution in [-0.2, 0) is 6.18 Å². The van der Waals surface area contributed by atoms with Crippen molar-refractivity contribution in [3.63, 3.8) is 0 Å². The van der Waals surface area contributed by atoms with Gasteiger partial charge in [0.25, 0.3) is 0 Å². The summed E-state index contributed by atoms with van der Waals surface area (Å²) in [4.78, 5) is 23.9. The molecule has 0 atom stereocenters. The lowest BCUT2D eigenvalue weighted by Gasteiger charge is -2.18. The molecule has 0 aromatic heterocycles. The molecule has 2 aromatic carbocycles. The number of ether oxygens (including phenoxy) is 1. The number of ketones is 1. The number of aromatic carboxylic acids is 1. The van der Waals surface area contributed by atoms with Gasteiger partial charge in [0, 0.05) is 16.7 Å². The molecule has 154 valence electrons. The third kappa shape index (κ3) is 5.25. The van der Waals surface area contributed by atoms with E-state index in [1.54, 1.807) is 33.8 Å². The van der Waals surface area contributed by atoms with E-state index in [9.17, 15) is 27.9 Å². The fourth-order valence-electron chi connectivity index (χ4n) is 2.93. The Balaban J connectivity index is 2.40. The van der Waals surface area contributed by atoms with Gasteiger partial charge in [0.1, 0.15) is 5.75 Å². The van der Waals surface area contributed by atoms with E-state index in [1.165, 1.54) is 12.2 Å². The number of aryl methyl sites for hydroxylation is 1. The zero-order valence-corrected chi connectivity index (χ0v) is 16.4. The van der Waals surface area contributed by atoms with E-state index in [0.717, 1.165) is 24.3 Å². The molecule has 0 heterocycles. The standard InChI is InChI=1S/C22H21F3O4/c1-12(2)29-20-14(4)19(21(27)28)13(3)11-16(20)7-10-18(26)15-5-8-17(9-6-15)22(23,24)25/h5-12H,1-4H3,(H,27,28)/b10-7+. The van der Waals surface area contributed by atoms with Crippen LogP contribution < -0.4 is 4.74 Å². The maximum atomic E-state index is 12.6. The zero-order valence-electron chi connectivity index (χ0n) is 16.4. The van der Waals surface area contributed by atoms with Gasteiger partial charge in [-0.1, -0.05) is 12.1 Å². The summed E-state index contributed by atoms with van der Waals surface area (Å²) >= 11 is 0. The molecular weight excluding hydrogens is 385 g/mol. The molecular formula is C22H21F3O4. The lowest BCUT2D eigenvalue weighted by molar-refractivity contribution is -0.137. The first kappa shape index (κ1) is 22.2. The number of allylic oxidation sites excluding steroid dienone is 1. The Morgan fingerprint density at radius 1 is 1.10 bits per heavy atom. The van der Waals surface area contributed by atoms with Crippen LogP contribution in [0.1, 0.15) is 56.8 Å². The van der Waals surface area contributed by atoms with Crippen molar-refractivity contribution in [1.29, 1.82) is 0 Å². The number of alkyl halides is 3. The lowest BCUT2D eigenvalue weighted by Crippen LogP contribution is -2.12. The first-order valence-corrected chi connectivity index (χ1v) is 8.85. The summed E-state index contributed by atoms with van der Waals surface area (Å²) < 4.78 is 43.7. The van der Waals surface area contributed by atoms with Crippen LogP contribution in [0.3, 0.4) is 0 Å². The van der Waals surface area contributed by atoms with Crippen molar-refractivity contribution in [2.75, 3.05) is 0 Å². The molecule has 2 rings (SSSR count). The Kier molecular flexibility index (Phi) is 6.51. The summed E-state index contributed by atoms with van der Waals surface area (Å²) in [6.45, 7) is 6.86. The third-order valence-electron chi connectivity index (χ3n) is 4.22. The first-order valence-electron chi connectivity index (χ1n) is 8.85. The van der Waals surface area contributed by atoms with E-state index in [-0.39, 0.29) is 17.2 Å². The monoisotopic (exact) mass is 406 g/mol. The molecule has 4 nitrogen and oxygen atoms in total. The molecule has 0 saturated carbocycles. The molecule has 0 aliphatic heterocycles. The molecule has 0 aliphatic carbocycles. The van der Waals surface area contributed by atoms with E-state index in [0.29, 0.717) is 22.4 Å². The van der Waals surface area contributed by atoms with Gasteiger partial charge in [-0.15, -0.1) is 0 Å². The van der Waals surface area contributed by atoms with Gasteiger partial charge in [-0.2, -0.15) is 13.2 Å². The number of carbonyl (C=O) groups is 2. The van der Waals surface area contributed by atoms with Crippen molar-refractivity contribution in [2.24, 2.45) is 0 Å². The van der Waals surface area contributed by atoms with Crippen LogP contribution in [0.5, 0.6) is 5.75 Å². The molecule has 0 amide bonds. The molecule has 0 aliphatic rings. The van der Waals surface area contributed by atoms with Crippen molar-refractivity contribution in [1.82, 2.24) is 0 Å². The van der Waals surface area contributed by atoms with Crippen molar-refractivity contribution < 1.29 is 32.6 Å². The van der Waals surface area contributed by atoms with Gasteiger partial charge in [0.15, 0.2) is 5.78 Å². The molecule has 29 heavy (non-hydrogen) atoms. The average molecular weight is 406 g/mol. The fourth-order valence-corrected chi connectivity index (χ4v) is 2.93. The van der Waals surface area contributed by atoms with Gasteiger partial charge < -0.3 is 9.84 Å². The zero-order chi connectivity index (χ0) is 21.9. The number of carboxylic acids is 1. The molecule has 0 saturated heterocycles. The molecule has 7 heteroatoms. The largest absolute Gasteiger partial charge is 0.490 e. The van der Waals surface area contributed by atoms with E-state index >= 15 is 0 Å². The van der Waals surface area contributed by atoms with Crippen LogP contribution in [0, 0.1) is 13.8 Å². The number of halogens is 3. The Hall–Kier alpha value is -3.09. The predicted octanol–water partition coefficient (Wildman–Crippen LogP) is 5.70. The van der Waals surface area contributed by atoms with Crippen LogP contribution in [0.4, 0.5) is 13.2 Å². The smallest absolute Gasteiger partial charge is 0.416 e. The number of hydrogen-bond acceptors (Lipinski definition) is 3. The Morgan fingerprint density at radius 2 is 1.69 bits per heavy atom. The summed E-state index contributed by atoms with van der Waals surface area (Å²) in [5.41, 5.74) is 0.865. The van der Waals surface area contributed by atoms with Crippen LogP contribution in [0.15, 0.2) is 36.4 Å². The number of carboxylic acid groups (broad SMARTS) is 1. The topological polar surface area (TPSA) is 63.6 Å². The minimum Gasteiger partial charge on any atom is -0.490 e. The molecule has 0 bridgehead atoms. The van der Waals surface area contributed by atoms with Gasteiger partial charge in [-0.05, 0) is 63.6 Å².